The average Bonchev–Trinajstić information content (AvgIpc) is 3.59. The van der Waals surface area contributed by atoms with Gasteiger partial charge in [-0.25, -0.2) is 13.9 Å². The molecule has 0 amide bonds. The molecule has 5 rings (SSSR count). The fourth-order valence-corrected chi connectivity index (χ4v) is 5.08. The van der Waals surface area contributed by atoms with Crippen molar-refractivity contribution in [2.75, 3.05) is 28.2 Å². The Hall–Kier alpha value is -4.14. The van der Waals surface area contributed by atoms with Crippen molar-refractivity contribution >= 4 is 33.7 Å². The van der Waals surface area contributed by atoms with Crippen LogP contribution in [0.15, 0.2) is 42.7 Å². The lowest BCUT2D eigenvalue weighted by Crippen LogP contribution is -2.37. The van der Waals surface area contributed by atoms with Crippen LogP contribution < -0.4 is 0 Å². The number of halogens is 1. The van der Waals surface area contributed by atoms with Gasteiger partial charge in [-0.2, -0.15) is 0 Å². The molecule has 0 unspecified atom stereocenters. The molecular weight excluding hydrogens is 475 g/mol. The first kappa shape index (κ1) is 24.5. The maximum Gasteiger partial charge on any atom is 0.453 e. The number of hydrogen-bond acceptors (Lipinski definition) is 5. The van der Waals surface area contributed by atoms with Crippen molar-refractivity contribution < 1.29 is 28.7 Å². The predicted molar refractivity (Wildman–Crippen MR) is 139 cm³/mol. The number of phenols is 1. The number of pyridine rings is 1. The van der Waals surface area contributed by atoms with E-state index in [-0.39, 0.29) is 22.8 Å². The summed E-state index contributed by atoms with van der Waals surface area (Å²) in [5.41, 5.74) is 1.78. The molecule has 8 nitrogen and oxygen atoms in total. The van der Waals surface area contributed by atoms with Gasteiger partial charge in [0, 0.05) is 30.2 Å². The SMILES string of the molecule is CN(C)C(OC(=O)C1(c2c3cc(Cc4ccc(F)cc4)cnc3c(O)c3c(O)n(C)cc23)CC1)=[N+](C)C. The van der Waals surface area contributed by atoms with E-state index in [1.807, 2.05) is 6.07 Å². The van der Waals surface area contributed by atoms with E-state index in [4.69, 9.17) is 4.74 Å². The fraction of sp³-hybridized carbons (Fsp3) is 0.321. The van der Waals surface area contributed by atoms with Gasteiger partial charge < -0.3 is 19.5 Å². The molecule has 0 spiro atoms. The Morgan fingerprint density at radius 2 is 1.84 bits per heavy atom. The van der Waals surface area contributed by atoms with Crippen LogP contribution in [-0.2, 0) is 28.4 Å². The molecular formula is C28H30FN4O4+. The van der Waals surface area contributed by atoms with Gasteiger partial charge in [-0.05, 0) is 54.2 Å². The second kappa shape index (κ2) is 8.76. The van der Waals surface area contributed by atoms with Gasteiger partial charge in [0.15, 0.2) is 5.75 Å². The number of aromatic hydroxyl groups is 2. The highest BCUT2D eigenvalue weighted by atomic mass is 19.1. The van der Waals surface area contributed by atoms with Crippen LogP contribution in [-0.4, -0.2) is 69.4 Å². The molecule has 0 aliphatic heterocycles. The largest absolute Gasteiger partial charge is 0.505 e. The highest BCUT2D eigenvalue weighted by Crippen LogP contribution is 2.56. The number of phenolic OH excluding ortho intramolecular Hbond substituents is 1. The Morgan fingerprint density at radius 3 is 2.43 bits per heavy atom. The number of aromatic nitrogens is 2. The molecule has 0 bridgehead atoms. The number of carbonyl (C=O) groups excluding carboxylic acids is 1. The third-order valence-electron chi connectivity index (χ3n) is 6.98. The van der Waals surface area contributed by atoms with E-state index >= 15 is 0 Å². The zero-order valence-electron chi connectivity index (χ0n) is 21.5. The van der Waals surface area contributed by atoms with Gasteiger partial charge >= 0.3 is 12.0 Å². The van der Waals surface area contributed by atoms with E-state index in [0.717, 1.165) is 11.1 Å². The molecule has 0 radical (unpaired) electrons. The number of carbonyl (C=O) groups is 1. The minimum absolute atomic E-state index is 0.106. The number of aryl methyl sites for hydroxylation is 1. The molecule has 2 aromatic heterocycles. The summed E-state index contributed by atoms with van der Waals surface area (Å²) in [6.07, 6.45) is 5.00. The van der Waals surface area contributed by atoms with E-state index in [9.17, 15) is 19.4 Å². The summed E-state index contributed by atoms with van der Waals surface area (Å²) in [5, 5.41) is 23.4. The Morgan fingerprint density at radius 1 is 1.16 bits per heavy atom. The molecule has 1 aliphatic rings. The van der Waals surface area contributed by atoms with Gasteiger partial charge in [0.2, 0.25) is 5.88 Å². The molecule has 37 heavy (non-hydrogen) atoms. The van der Waals surface area contributed by atoms with Gasteiger partial charge in [0.05, 0.1) is 39.0 Å². The third-order valence-corrected chi connectivity index (χ3v) is 6.98. The summed E-state index contributed by atoms with van der Waals surface area (Å²) < 4.78 is 22.6. The minimum Gasteiger partial charge on any atom is -0.505 e. The molecule has 4 aromatic rings. The van der Waals surface area contributed by atoms with E-state index in [2.05, 4.69) is 4.98 Å². The van der Waals surface area contributed by atoms with Crippen LogP contribution in [0.4, 0.5) is 4.39 Å². The molecule has 2 heterocycles. The van der Waals surface area contributed by atoms with Crippen molar-refractivity contribution in [3.63, 3.8) is 0 Å². The van der Waals surface area contributed by atoms with Crippen LogP contribution in [0.5, 0.6) is 11.6 Å². The highest BCUT2D eigenvalue weighted by Gasteiger charge is 2.56. The number of fused-ring (bicyclic) bond motifs is 2. The smallest absolute Gasteiger partial charge is 0.453 e. The lowest BCUT2D eigenvalue weighted by molar-refractivity contribution is -0.479. The second-order valence-corrected chi connectivity index (χ2v) is 10.2. The van der Waals surface area contributed by atoms with E-state index in [0.29, 0.717) is 47.1 Å². The summed E-state index contributed by atoms with van der Waals surface area (Å²) in [5.74, 6) is -0.950. The van der Waals surface area contributed by atoms with Crippen LogP contribution in [0.3, 0.4) is 0 Å². The number of rotatable bonds is 4. The number of nitrogens with zero attached hydrogens (tertiary/aromatic N) is 4. The van der Waals surface area contributed by atoms with Gasteiger partial charge in [-0.1, -0.05) is 12.1 Å². The van der Waals surface area contributed by atoms with Gasteiger partial charge in [-0.3, -0.25) is 9.78 Å². The lowest BCUT2D eigenvalue weighted by atomic mass is 9.87. The Bertz CT molecular complexity index is 1580. The number of esters is 1. The first-order chi connectivity index (χ1) is 17.5. The first-order valence-electron chi connectivity index (χ1n) is 12.0. The quantitative estimate of drug-likeness (QED) is 0.191. The van der Waals surface area contributed by atoms with Gasteiger partial charge in [0.25, 0.3) is 0 Å². The second-order valence-electron chi connectivity index (χ2n) is 10.2. The van der Waals surface area contributed by atoms with Crippen LogP contribution in [0.1, 0.15) is 29.5 Å². The average molecular weight is 506 g/mol. The van der Waals surface area contributed by atoms with E-state index in [1.165, 1.54) is 16.7 Å². The van der Waals surface area contributed by atoms with Crippen molar-refractivity contribution in [2.45, 2.75) is 24.7 Å². The molecule has 192 valence electrons. The van der Waals surface area contributed by atoms with Crippen LogP contribution in [0, 0.1) is 5.82 Å². The monoisotopic (exact) mass is 505 g/mol. The molecule has 2 aromatic carbocycles. The number of benzene rings is 2. The number of hydrogen-bond donors (Lipinski definition) is 2. The van der Waals surface area contributed by atoms with Crippen molar-refractivity contribution in [2.24, 2.45) is 7.05 Å². The fourth-order valence-electron chi connectivity index (χ4n) is 5.08. The Balaban J connectivity index is 1.72. The summed E-state index contributed by atoms with van der Waals surface area (Å²) in [6, 6.07) is 8.58. The summed E-state index contributed by atoms with van der Waals surface area (Å²) in [6.45, 7) is 0. The topological polar surface area (TPSA) is 90.8 Å². The van der Waals surface area contributed by atoms with Crippen molar-refractivity contribution in [3.8, 4) is 11.6 Å². The summed E-state index contributed by atoms with van der Waals surface area (Å²) in [4.78, 5) is 20.0. The van der Waals surface area contributed by atoms with Crippen molar-refractivity contribution in [3.05, 3.63) is 65.2 Å². The number of amidine groups is 1. The molecule has 1 saturated carbocycles. The third kappa shape index (κ3) is 4.04. The Labute approximate surface area is 213 Å². The normalized spacial score (nSPS) is 14.1. The van der Waals surface area contributed by atoms with Crippen molar-refractivity contribution in [1.82, 2.24) is 14.5 Å². The maximum atomic E-state index is 13.7. The van der Waals surface area contributed by atoms with E-state index in [1.54, 1.807) is 69.2 Å². The lowest BCUT2D eigenvalue weighted by Gasteiger charge is -2.20. The van der Waals surface area contributed by atoms with Gasteiger partial charge in [0.1, 0.15) is 11.3 Å². The van der Waals surface area contributed by atoms with Crippen LogP contribution >= 0.6 is 0 Å². The molecule has 2 N–H and O–H groups in total. The van der Waals surface area contributed by atoms with Crippen molar-refractivity contribution in [1.29, 1.82) is 0 Å². The molecule has 1 fully saturated rings. The number of ether oxygens (including phenoxy) is 1. The molecule has 0 saturated heterocycles. The molecule has 9 heteroatoms. The summed E-state index contributed by atoms with van der Waals surface area (Å²) >= 11 is 0. The highest BCUT2D eigenvalue weighted by molar-refractivity contribution is 6.13. The maximum absolute atomic E-state index is 13.7. The molecule has 0 atom stereocenters. The first-order valence-corrected chi connectivity index (χ1v) is 12.0. The van der Waals surface area contributed by atoms with Crippen LogP contribution in [0.25, 0.3) is 21.7 Å². The minimum atomic E-state index is -0.953. The van der Waals surface area contributed by atoms with E-state index < -0.39 is 11.4 Å². The zero-order chi connectivity index (χ0) is 26.6. The standard InChI is InChI=1S/C28H29FN4O4/c1-31(2)27(32(3)4)37-26(36)28(10-11-28)22-19-13-17(12-16-6-8-18(29)9-7-16)14-30-23(19)24(34)21-20(22)15-33(5)25(21)35/h6-9,13-15H,10-12H2,1-5H3,(H-,34,35)/p+1. The molecule has 1 aliphatic carbocycles. The van der Waals surface area contributed by atoms with Crippen LogP contribution in [0.2, 0.25) is 0 Å². The predicted octanol–water partition coefficient (Wildman–Crippen LogP) is 3.63. The zero-order valence-corrected chi connectivity index (χ0v) is 21.5. The Kier molecular flexibility index (Phi) is 5.81. The van der Waals surface area contributed by atoms with Gasteiger partial charge in [-0.15, -0.1) is 0 Å². The summed E-state index contributed by atoms with van der Waals surface area (Å²) in [7, 11) is 8.89.